The van der Waals surface area contributed by atoms with Gasteiger partial charge in [0.1, 0.15) is 6.10 Å². The van der Waals surface area contributed by atoms with E-state index >= 15 is 0 Å². The molecule has 4 rings (SSSR count). The fourth-order valence-corrected chi connectivity index (χ4v) is 4.92. The number of halogens is 2. The van der Waals surface area contributed by atoms with Gasteiger partial charge in [-0.15, -0.1) is 0 Å². The molecule has 1 aliphatic rings. The third-order valence-corrected chi connectivity index (χ3v) is 7.01. The van der Waals surface area contributed by atoms with E-state index in [1.807, 2.05) is 36.4 Å². The monoisotopic (exact) mass is 496 g/mol. The van der Waals surface area contributed by atoms with Gasteiger partial charge in [0.2, 0.25) is 5.79 Å². The Morgan fingerprint density at radius 3 is 2.52 bits per heavy atom. The van der Waals surface area contributed by atoms with Crippen molar-refractivity contribution in [2.45, 2.75) is 16.8 Å². The quantitative estimate of drug-likeness (QED) is 0.359. The van der Waals surface area contributed by atoms with Crippen molar-refractivity contribution in [2.75, 3.05) is 18.5 Å². The molecule has 1 saturated heterocycles. The highest BCUT2D eigenvalue weighted by molar-refractivity contribution is 9.09. The zero-order valence-electron chi connectivity index (χ0n) is 15.3. The Morgan fingerprint density at radius 1 is 1.07 bits per heavy atom. The van der Waals surface area contributed by atoms with E-state index in [9.17, 15) is 8.42 Å². The first kappa shape index (κ1) is 20.8. The lowest BCUT2D eigenvalue weighted by atomic mass is 10.1. The molecule has 8 heteroatoms. The number of hydrogen-bond acceptors (Lipinski definition) is 5. The Hall–Kier alpha value is -1.48. The van der Waals surface area contributed by atoms with Crippen molar-refractivity contribution < 1.29 is 22.1 Å². The third kappa shape index (κ3) is 4.35. The highest BCUT2D eigenvalue weighted by Crippen LogP contribution is 2.37. The summed E-state index contributed by atoms with van der Waals surface area (Å²) in [5, 5.41) is 2.79. The maximum Gasteiger partial charge on any atom is 0.297 e. The van der Waals surface area contributed by atoms with Crippen LogP contribution in [0.4, 0.5) is 0 Å². The maximum atomic E-state index is 12.6. The van der Waals surface area contributed by atoms with E-state index in [2.05, 4.69) is 15.9 Å². The summed E-state index contributed by atoms with van der Waals surface area (Å²) in [4.78, 5) is 0.111. The highest BCUT2D eigenvalue weighted by Gasteiger charge is 2.43. The molecule has 0 N–H and O–H groups in total. The molecule has 3 aromatic carbocycles. The summed E-state index contributed by atoms with van der Waals surface area (Å²) in [5.74, 6) is -1.01. The minimum absolute atomic E-state index is 0.111. The molecule has 0 aromatic heterocycles. The lowest BCUT2D eigenvalue weighted by Crippen LogP contribution is -2.31. The van der Waals surface area contributed by atoms with E-state index in [-0.39, 0.29) is 18.1 Å². The van der Waals surface area contributed by atoms with E-state index in [1.165, 1.54) is 0 Å². The van der Waals surface area contributed by atoms with Gasteiger partial charge < -0.3 is 9.47 Å². The molecule has 0 unspecified atom stereocenters. The molecule has 5 nitrogen and oxygen atoms in total. The van der Waals surface area contributed by atoms with Gasteiger partial charge in [0.15, 0.2) is 0 Å². The van der Waals surface area contributed by atoms with Crippen LogP contribution in [0.5, 0.6) is 0 Å². The lowest BCUT2D eigenvalue weighted by molar-refractivity contribution is -0.159. The molecular formula is C21H18BrClO5S. The highest BCUT2D eigenvalue weighted by atomic mass is 79.9. The second kappa shape index (κ2) is 8.34. The average Bonchev–Trinajstić information content (AvgIpc) is 3.17. The first-order valence-corrected chi connectivity index (χ1v) is 11.8. The first-order chi connectivity index (χ1) is 13.9. The molecule has 0 bridgehead atoms. The summed E-state index contributed by atoms with van der Waals surface area (Å²) in [5.41, 5.74) is 0.790. The topological polar surface area (TPSA) is 61.8 Å². The van der Waals surface area contributed by atoms with Crippen LogP contribution in [0.3, 0.4) is 0 Å². The van der Waals surface area contributed by atoms with E-state index < -0.39 is 22.0 Å². The Balaban J connectivity index is 1.46. The molecule has 0 amide bonds. The van der Waals surface area contributed by atoms with E-state index in [0.29, 0.717) is 10.4 Å². The van der Waals surface area contributed by atoms with Crippen LogP contribution < -0.4 is 0 Å². The Bertz CT molecular complexity index is 1120. The molecule has 2 atom stereocenters. The number of hydrogen-bond donors (Lipinski definition) is 0. The SMILES string of the molecule is O=S(=O)(OC[C@@H]1CO[C@](CBr)(c2ccc(Cl)cc2)O1)c1ccc2ccccc2c1. The van der Waals surface area contributed by atoms with Gasteiger partial charge in [-0.3, -0.25) is 4.18 Å². The van der Waals surface area contributed by atoms with Crippen LogP contribution in [0.2, 0.25) is 5.02 Å². The van der Waals surface area contributed by atoms with Crippen molar-refractivity contribution >= 4 is 48.4 Å². The van der Waals surface area contributed by atoms with Crippen LogP contribution in [-0.2, 0) is 29.6 Å². The van der Waals surface area contributed by atoms with Crippen LogP contribution in [0, 0.1) is 0 Å². The van der Waals surface area contributed by atoms with Gasteiger partial charge in [-0.2, -0.15) is 8.42 Å². The number of alkyl halides is 1. The largest absolute Gasteiger partial charge is 0.342 e. The average molecular weight is 498 g/mol. The van der Waals surface area contributed by atoms with E-state index in [1.54, 1.807) is 30.3 Å². The third-order valence-electron chi connectivity index (χ3n) is 4.74. The van der Waals surface area contributed by atoms with Gasteiger partial charge in [-0.25, -0.2) is 0 Å². The first-order valence-electron chi connectivity index (χ1n) is 8.94. The maximum absolute atomic E-state index is 12.6. The molecule has 0 spiro atoms. The minimum atomic E-state index is -3.92. The smallest absolute Gasteiger partial charge is 0.297 e. The Morgan fingerprint density at radius 2 is 1.79 bits per heavy atom. The second-order valence-corrected chi connectivity index (χ2v) is 9.30. The molecule has 0 aliphatic carbocycles. The number of benzene rings is 3. The Labute approximate surface area is 182 Å². The van der Waals surface area contributed by atoms with Crippen LogP contribution in [-0.4, -0.2) is 33.1 Å². The standard InChI is InChI=1S/C21H18BrClO5S/c22-14-21(17-6-8-18(23)9-7-17)26-12-19(28-21)13-27-29(24,25)20-10-5-15-3-1-2-4-16(15)11-20/h1-11,19H,12-14H2/t19-,21-/m0/s1. The van der Waals surface area contributed by atoms with E-state index in [0.717, 1.165) is 16.3 Å². The predicted molar refractivity (Wildman–Crippen MR) is 115 cm³/mol. The summed E-state index contributed by atoms with van der Waals surface area (Å²) in [6, 6.07) is 19.6. The summed E-state index contributed by atoms with van der Waals surface area (Å²) in [6.07, 6.45) is -0.529. The Kier molecular flexibility index (Phi) is 5.97. The predicted octanol–water partition coefficient (Wildman–Crippen LogP) is 4.86. The molecule has 0 radical (unpaired) electrons. The minimum Gasteiger partial charge on any atom is -0.342 e. The van der Waals surface area contributed by atoms with Crippen molar-refractivity contribution in [2.24, 2.45) is 0 Å². The molecule has 1 heterocycles. The van der Waals surface area contributed by atoms with Gasteiger partial charge in [0.25, 0.3) is 10.1 Å². The lowest BCUT2D eigenvalue weighted by Gasteiger charge is -2.26. The fraction of sp³-hybridized carbons (Fsp3) is 0.238. The molecule has 1 aliphatic heterocycles. The van der Waals surface area contributed by atoms with Crippen LogP contribution >= 0.6 is 27.5 Å². The van der Waals surface area contributed by atoms with Crippen molar-refractivity contribution in [1.82, 2.24) is 0 Å². The van der Waals surface area contributed by atoms with Gasteiger partial charge in [-0.1, -0.05) is 70.0 Å². The summed E-state index contributed by atoms with van der Waals surface area (Å²) in [6.45, 7) is 0.0684. The van der Waals surface area contributed by atoms with Crippen LogP contribution in [0.1, 0.15) is 5.56 Å². The van der Waals surface area contributed by atoms with Crippen molar-refractivity contribution in [3.63, 3.8) is 0 Å². The normalized spacial score (nSPS) is 22.2. The zero-order chi connectivity index (χ0) is 20.5. The summed E-state index contributed by atoms with van der Waals surface area (Å²) < 4.78 is 42.4. The molecule has 1 fully saturated rings. The zero-order valence-corrected chi connectivity index (χ0v) is 18.4. The molecular weight excluding hydrogens is 480 g/mol. The number of rotatable bonds is 6. The second-order valence-electron chi connectivity index (χ2n) is 6.69. The number of ether oxygens (including phenoxy) is 2. The van der Waals surface area contributed by atoms with Crippen LogP contribution in [0.15, 0.2) is 71.6 Å². The summed E-state index contributed by atoms with van der Waals surface area (Å²) >= 11 is 9.37. The van der Waals surface area contributed by atoms with Crippen LogP contribution in [0.25, 0.3) is 10.8 Å². The van der Waals surface area contributed by atoms with Gasteiger partial charge >= 0.3 is 0 Å². The molecule has 29 heavy (non-hydrogen) atoms. The van der Waals surface area contributed by atoms with Gasteiger partial charge in [0, 0.05) is 10.6 Å². The molecule has 3 aromatic rings. The summed E-state index contributed by atoms with van der Waals surface area (Å²) in [7, 11) is -3.92. The molecule has 0 saturated carbocycles. The molecule has 152 valence electrons. The fourth-order valence-electron chi connectivity index (χ4n) is 3.21. The van der Waals surface area contributed by atoms with E-state index in [4.69, 9.17) is 25.3 Å². The van der Waals surface area contributed by atoms with Crippen molar-refractivity contribution in [1.29, 1.82) is 0 Å². The van der Waals surface area contributed by atoms with Crippen molar-refractivity contribution in [3.05, 3.63) is 77.3 Å². The van der Waals surface area contributed by atoms with Gasteiger partial charge in [-0.05, 0) is 35.0 Å². The van der Waals surface area contributed by atoms with Crippen molar-refractivity contribution in [3.8, 4) is 0 Å². The van der Waals surface area contributed by atoms with Gasteiger partial charge in [0.05, 0.1) is 23.4 Å². The number of fused-ring (bicyclic) bond motifs is 1.